The second-order valence-corrected chi connectivity index (χ2v) is 6.08. The predicted molar refractivity (Wildman–Crippen MR) is 85.4 cm³/mol. The molecule has 1 aliphatic heterocycles. The summed E-state index contributed by atoms with van der Waals surface area (Å²) in [6.45, 7) is 8.78. The van der Waals surface area contributed by atoms with Gasteiger partial charge in [0.1, 0.15) is 5.75 Å². The van der Waals surface area contributed by atoms with Crippen LogP contribution in [-0.4, -0.2) is 19.2 Å². The molecule has 3 unspecified atom stereocenters. The Labute approximate surface area is 123 Å². The van der Waals surface area contributed by atoms with Crippen molar-refractivity contribution < 1.29 is 4.74 Å². The molecule has 0 saturated carbocycles. The van der Waals surface area contributed by atoms with Crippen LogP contribution < -0.4 is 10.1 Å². The lowest BCUT2D eigenvalue weighted by molar-refractivity contribution is 0.232. The van der Waals surface area contributed by atoms with E-state index in [1.807, 2.05) is 0 Å². The summed E-state index contributed by atoms with van der Waals surface area (Å²) in [6, 6.07) is 9.14. The van der Waals surface area contributed by atoms with Gasteiger partial charge in [-0.2, -0.15) is 0 Å². The fourth-order valence-corrected chi connectivity index (χ4v) is 3.48. The summed E-state index contributed by atoms with van der Waals surface area (Å²) in [5.41, 5.74) is 1.40. The molecule has 0 spiro atoms. The molecule has 0 fully saturated rings. The molecule has 0 aliphatic carbocycles. The van der Waals surface area contributed by atoms with Crippen LogP contribution in [0, 0.1) is 5.92 Å². The van der Waals surface area contributed by atoms with Crippen LogP contribution in [0.2, 0.25) is 0 Å². The number of likely N-dealkylation sites (N-methyl/N-ethyl adjacent to an activating group) is 1. The van der Waals surface area contributed by atoms with Gasteiger partial charge < -0.3 is 10.1 Å². The van der Waals surface area contributed by atoms with Crippen LogP contribution in [-0.2, 0) is 0 Å². The Bertz CT molecular complexity index is 404. The molecule has 0 saturated heterocycles. The number of hydrogen-bond donors (Lipinski definition) is 1. The van der Waals surface area contributed by atoms with Crippen LogP contribution in [0.25, 0.3) is 0 Å². The second kappa shape index (κ2) is 7.68. The van der Waals surface area contributed by atoms with Crippen LogP contribution >= 0.6 is 0 Å². The summed E-state index contributed by atoms with van der Waals surface area (Å²) in [7, 11) is 0. The highest BCUT2D eigenvalue weighted by molar-refractivity contribution is 5.38. The first-order valence-electron chi connectivity index (χ1n) is 8.21. The zero-order valence-electron chi connectivity index (χ0n) is 13.2. The van der Waals surface area contributed by atoms with Gasteiger partial charge in [0.05, 0.1) is 6.61 Å². The molecule has 2 heteroatoms. The van der Waals surface area contributed by atoms with E-state index < -0.39 is 0 Å². The Morgan fingerprint density at radius 2 is 2.10 bits per heavy atom. The lowest BCUT2D eigenvalue weighted by Gasteiger charge is -2.34. The normalized spacial score (nSPS) is 20.9. The summed E-state index contributed by atoms with van der Waals surface area (Å²) < 4.78 is 5.81. The molecule has 2 rings (SSSR count). The van der Waals surface area contributed by atoms with Crippen LogP contribution in [0.1, 0.15) is 57.9 Å². The van der Waals surface area contributed by atoms with E-state index in [2.05, 4.69) is 50.4 Å². The summed E-state index contributed by atoms with van der Waals surface area (Å²) >= 11 is 0. The van der Waals surface area contributed by atoms with Gasteiger partial charge in [0.2, 0.25) is 0 Å². The third-order valence-electron chi connectivity index (χ3n) is 4.39. The van der Waals surface area contributed by atoms with Gasteiger partial charge in [-0.25, -0.2) is 0 Å². The van der Waals surface area contributed by atoms with Crippen molar-refractivity contribution in [1.82, 2.24) is 5.32 Å². The third kappa shape index (κ3) is 3.76. The van der Waals surface area contributed by atoms with E-state index >= 15 is 0 Å². The van der Waals surface area contributed by atoms with Gasteiger partial charge >= 0.3 is 0 Å². The van der Waals surface area contributed by atoms with Crippen molar-refractivity contribution in [2.24, 2.45) is 5.92 Å². The third-order valence-corrected chi connectivity index (χ3v) is 4.39. The molecule has 0 radical (unpaired) electrons. The number of fused-ring (bicyclic) bond motifs is 1. The maximum absolute atomic E-state index is 5.81. The van der Waals surface area contributed by atoms with Gasteiger partial charge in [-0.3, -0.25) is 0 Å². The minimum atomic E-state index is 0.576. The molecule has 0 aromatic heterocycles. The lowest BCUT2D eigenvalue weighted by Crippen LogP contribution is -2.38. The van der Waals surface area contributed by atoms with Crippen LogP contribution in [0.3, 0.4) is 0 Å². The van der Waals surface area contributed by atoms with E-state index in [1.54, 1.807) is 0 Å². The maximum Gasteiger partial charge on any atom is 0.122 e. The molecule has 1 N–H and O–H groups in total. The maximum atomic E-state index is 5.81. The SMILES string of the molecule is CCCC(C)CC(NCC)C1CCOc2ccccc21. The smallest absolute Gasteiger partial charge is 0.122 e. The molecule has 2 nitrogen and oxygen atoms in total. The molecule has 1 heterocycles. The van der Waals surface area contributed by atoms with Gasteiger partial charge in [-0.05, 0) is 36.9 Å². The number of para-hydroxylation sites is 1. The zero-order valence-corrected chi connectivity index (χ0v) is 13.2. The summed E-state index contributed by atoms with van der Waals surface area (Å²) in [6.07, 6.45) is 5.01. The van der Waals surface area contributed by atoms with Crippen molar-refractivity contribution in [2.45, 2.75) is 58.4 Å². The van der Waals surface area contributed by atoms with Crippen molar-refractivity contribution in [2.75, 3.05) is 13.2 Å². The summed E-state index contributed by atoms with van der Waals surface area (Å²) in [5.74, 6) is 2.48. The average Bonchev–Trinajstić information content (AvgIpc) is 2.46. The van der Waals surface area contributed by atoms with Crippen molar-refractivity contribution in [3.8, 4) is 5.75 Å². The van der Waals surface area contributed by atoms with Crippen LogP contribution in [0.15, 0.2) is 24.3 Å². The molecular weight excluding hydrogens is 246 g/mol. The molecule has 1 aromatic carbocycles. The van der Waals surface area contributed by atoms with E-state index in [1.165, 1.54) is 24.8 Å². The van der Waals surface area contributed by atoms with Crippen LogP contribution in [0.4, 0.5) is 0 Å². The van der Waals surface area contributed by atoms with Crippen molar-refractivity contribution in [3.63, 3.8) is 0 Å². The molecule has 3 atom stereocenters. The first-order chi connectivity index (χ1) is 9.76. The van der Waals surface area contributed by atoms with Crippen molar-refractivity contribution >= 4 is 0 Å². The van der Waals surface area contributed by atoms with Gasteiger partial charge in [0, 0.05) is 12.0 Å². The Kier molecular flexibility index (Phi) is 5.90. The first-order valence-corrected chi connectivity index (χ1v) is 8.21. The quantitative estimate of drug-likeness (QED) is 0.798. The van der Waals surface area contributed by atoms with Gasteiger partial charge in [0.15, 0.2) is 0 Å². The average molecular weight is 275 g/mol. The Balaban J connectivity index is 2.13. The van der Waals surface area contributed by atoms with E-state index in [0.29, 0.717) is 12.0 Å². The Morgan fingerprint density at radius 1 is 1.30 bits per heavy atom. The first kappa shape index (κ1) is 15.4. The largest absolute Gasteiger partial charge is 0.493 e. The fourth-order valence-electron chi connectivity index (χ4n) is 3.48. The predicted octanol–water partition coefficient (Wildman–Crippen LogP) is 4.36. The van der Waals surface area contributed by atoms with Crippen LogP contribution in [0.5, 0.6) is 5.75 Å². The fraction of sp³-hybridized carbons (Fsp3) is 0.667. The number of hydrogen-bond acceptors (Lipinski definition) is 2. The number of ether oxygens (including phenoxy) is 1. The molecular formula is C18H29NO. The molecule has 112 valence electrons. The van der Waals surface area contributed by atoms with Crippen molar-refractivity contribution in [3.05, 3.63) is 29.8 Å². The lowest BCUT2D eigenvalue weighted by atomic mass is 9.82. The minimum Gasteiger partial charge on any atom is -0.493 e. The highest BCUT2D eigenvalue weighted by Crippen LogP contribution is 2.37. The highest BCUT2D eigenvalue weighted by Gasteiger charge is 2.29. The van der Waals surface area contributed by atoms with E-state index in [0.717, 1.165) is 31.2 Å². The molecule has 0 bridgehead atoms. The number of benzene rings is 1. The van der Waals surface area contributed by atoms with Crippen molar-refractivity contribution in [1.29, 1.82) is 0 Å². The van der Waals surface area contributed by atoms with E-state index in [4.69, 9.17) is 4.74 Å². The molecule has 1 aliphatic rings. The summed E-state index contributed by atoms with van der Waals surface area (Å²) in [5, 5.41) is 3.73. The molecule has 0 amide bonds. The topological polar surface area (TPSA) is 21.3 Å². The van der Waals surface area contributed by atoms with E-state index in [9.17, 15) is 0 Å². The highest BCUT2D eigenvalue weighted by atomic mass is 16.5. The Hall–Kier alpha value is -1.02. The van der Waals surface area contributed by atoms with Gasteiger partial charge in [-0.15, -0.1) is 0 Å². The second-order valence-electron chi connectivity index (χ2n) is 6.08. The zero-order chi connectivity index (χ0) is 14.4. The monoisotopic (exact) mass is 275 g/mol. The number of rotatable bonds is 7. The van der Waals surface area contributed by atoms with Gasteiger partial charge in [0.25, 0.3) is 0 Å². The number of nitrogens with one attached hydrogen (secondary N) is 1. The summed E-state index contributed by atoms with van der Waals surface area (Å²) in [4.78, 5) is 0. The standard InChI is InChI=1S/C18H29NO/c1-4-8-14(3)13-17(19-5-2)15-11-12-20-18-10-7-6-9-16(15)18/h6-7,9-10,14-15,17,19H,4-5,8,11-13H2,1-3H3. The minimum absolute atomic E-state index is 0.576. The van der Waals surface area contributed by atoms with Gasteiger partial charge in [-0.1, -0.05) is 51.8 Å². The molecule has 1 aromatic rings. The Morgan fingerprint density at radius 3 is 2.85 bits per heavy atom. The molecule has 20 heavy (non-hydrogen) atoms. The van der Waals surface area contributed by atoms with E-state index in [-0.39, 0.29) is 0 Å².